The van der Waals surface area contributed by atoms with E-state index >= 15 is 0 Å². The van der Waals surface area contributed by atoms with Crippen molar-refractivity contribution in [3.63, 3.8) is 0 Å². The predicted octanol–water partition coefficient (Wildman–Crippen LogP) is -6.00. The van der Waals surface area contributed by atoms with Crippen molar-refractivity contribution in [1.29, 1.82) is 0 Å². The Hall–Kier alpha value is -0.800. The first-order chi connectivity index (χ1) is 18.9. The van der Waals surface area contributed by atoms with E-state index in [1.165, 1.54) is 0 Å². The van der Waals surface area contributed by atoms with Crippen LogP contribution in [0.15, 0.2) is 0 Å². The van der Waals surface area contributed by atoms with Gasteiger partial charge in [0, 0.05) is 13.1 Å². The first-order valence-corrected chi connectivity index (χ1v) is 22.5. The van der Waals surface area contributed by atoms with Gasteiger partial charge in [-0.05, 0) is 0 Å². The monoisotopic (exact) mass is 812 g/mol. The molecule has 26 nitrogen and oxygen atoms in total. The van der Waals surface area contributed by atoms with Crippen LogP contribution in [0.2, 0.25) is 0 Å². The van der Waals surface area contributed by atoms with Crippen LogP contribution in [0.25, 0.3) is 0 Å². The minimum Gasteiger partial charge on any atom is -0.285 e. The molecule has 0 amide bonds. The zero-order chi connectivity index (χ0) is 35.7. The van der Waals surface area contributed by atoms with Crippen molar-refractivity contribution in [1.82, 2.24) is 9.80 Å². The van der Waals surface area contributed by atoms with Gasteiger partial charge in [-0.3, -0.25) is 46.2 Å². The van der Waals surface area contributed by atoms with Gasteiger partial charge in [-0.1, -0.05) is 0 Å². The Morgan fingerprint density at radius 3 is 0.545 bits per heavy atom. The summed E-state index contributed by atoms with van der Waals surface area (Å²) < 4.78 is 262. The molecule has 0 aliphatic carbocycles. The molecule has 0 saturated heterocycles. The first-order valence-electron chi connectivity index (χ1n) is 10.0. The van der Waals surface area contributed by atoms with E-state index in [4.69, 9.17) is 18.2 Å². The predicted molar refractivity (Wildman–Crippen MR) is 140 cm³/mol. The molecule has 0 radical (unpaired) electrons. The second kappa shape index (κ2) is 14.1. The van der Waals surface area contributed by atoms with Gasteiger partial charge in [0.25, 0.3) is 80.9 Å². The second-order valence-corrected chi connectivity index (χ2v) is 20.6. The van der Waals surface area contributed by atoms with Gasteiger partial charge in [0.15, 0.2) is 21.5 Å². The van der Waals surface area contributed by atoms with E-state index < -0.39 is 148 Å². The summed E-state index contributed by atoms with van der Waals surface area (Å²) in [6.07, 6.45) is 0. The Kier molecular flexibility index (Phi) is 13.9. The fourth-order valence-corrected chi connectivity index (χ4v) is 12.9. The average molecular weight is 813 g/mol. The Bertz CT molecular complexity index is 1640. The minimum atomic E-state index is -6.15. The fraction of sp³-hybridized carbons (Fsp3) is 1.00. The van der Waals surface area contributed by atoms with Crippen molar-refractivity contribution < 1.29 is 104 Å². The SMILES string of the molecule is O=S(=O)(O)CC(N(CCN(C(CS(=O)(=O)O)S(=O)(=O)O)C(CS(=O)(=O)O)S(=O)(=O)O)C(CS(=O)(=O)O)S(=O)(=O)O)S(=O)(=O)O. The van der Waals surface area contributed by atoms with Crippen LogP contribution >= 0.6 is 0 Å². The minimum absolute atomic E-state index is 0.692. The molecule has 0 fully saturated rings. The summed E-state index contributed by atoms with van der Waals surface area (Å²) in [5.41, 5.74) is 0. The van der Waals surface area contributed by atoms with Crippen molar-refractivity contribution in [3.8, 4) is 0 Å². The van der Waals surface area contributed by atoms with Gasteiger partial charge in [-0.15, -0.1) is 0 Å². The van der Waals surface area contributed by atoms with Gasteiger partial charge in [0.05, 0.1) is 0 Å². The Morgan fingerprint density at radius 1 is 0.318 bits per heavy atom. The largest absolute Gasteiger partial charge is 0.285 e. The smallest absolute Gasteiger partial charge is 0.282 e. The van der Waals surface area contributed by atoms with Crippen molar-refractivity contribution in [2.75, 3.05) is 36.1 Å². The third-order valence-corrected chi connectivity index (χ3v) is 13.2. The maximum Gasteiger partial charge on any atom is 0.282 e. The van der Waals surface area contributed by atoms with Crippen LogP contribution in [-0.2, 0) is 80.9 Å². The highest BCUT2D eigenvalue weighted by atomic mass is 32.3. The van der Waals surface area contributed by atoms with E-state index in [2.05, 4.69) is 0 Å². The molecule has 0 bridgehead atoms. The number of hydrogen-bond acceptors (Lipinski definition) is 18. The average Bonchev–Trinajstić information content (AvgIpc) is 2.66. The fourth-order valence-electron chi connectivity index (χ4n) is 3.31. The molecule has 0 aliphatic heterocycles. The topological polar surface area (TPSA) is 441 Å². The van der Waals surface area contributed by atoms with Gasteiger partial charge in [0.2, 0.25) is 0 Å². The van der Waals surface area contributed by atoms with Gasteiger partial charge in [-0.25, -0.2) is 0 Å². The lowest BCUT2D eigenvalue weighted by molar-refractivity contribution is 0.160. The maximum absolute atomic E-state index is 12.0. The van der Waals surface area contributed by atoms with E-state index in [-0.39, 0.29) is 0 Å². The molecular formula is C10H24N2O24S8. The van der Waals surface area contributed by atoms with Crippen LogP contribution < -0.4 is 0 Å². The van der Waals surface area contributed by atoms with E-state index in [0.717, 1.165) is 0 Å². The third-order valence-electron chi connectivity index (χ3n) is 4.88. The third kappa shape index (κ3) is 16.2. The lowest BCUT2D eigenvalue weighted by Gasteiger charge is -2.38. The molecule has 0 heterocycles. The van der Waals surface area contributed by atoms with Crippen LogP contribution in [0.1, 0.15) is 0 Å². The van der Waals surface area contributed by atoms with E-state index in [1.54, 1.807) is 0 Å². The van der Waals surface area contributed by atoms with Gasteiger partial charge < -0.3 is 0 Å². The summed E-state index contributed by atoms with van der Waals surface area (Å²) in [6, 6.07) is 0. The summed E-state index contributed by atoms with van der Waals surface area (Å²) in [5, 5.41) is -13.9. The highest BCUT2D eigenvalue weighted by molar-refractivity contribution is 7.92. The van der Waals surface area contributed by atoms with E-state index in [1.807, 2.05) is 0 Å². The highest BCUT2D eigenvalue weighted by Crippen LogP contribution is 2.23. The number of hydrogen-bond donors (Lipinski definition) is 8. The molecule has 34 heteroatoms. The molecule has 8 N–H and O–H groups in total. The zero-order valence-electron chi connectivity index (χ0n) is 20.8. The van der Waals surface area contributed by atoms with Crippen LogP contribution in [-0.4, -0.2) is 171 Å². The molecule has 0 aromatic carbocycles. The van der Waals surface area contributed by atoms with Crippen LogP contribution in [0, 0.1) is 0 Å². The maximum atomic E-state index is 12.0. The molecular weight excluding hydrogens is 789 g/mol. The molecule has 0 aromatic heterocycles. The number of rotatable bonds is 19. The molecule has 4 unspecified atom stereocenters. The molecule has 0 aliphatic rings. The summed E-state index contributed by atoms with van der Waals surface area (Å²) in [4.78, 5) is -1.38. The summed E-state index contributed by atoms with van der Waals surface area (Å²) in [5.74, 6) is -9.43. The quantitative estimate of drug-likeness (QED) is 0.0563. The molecule has 0 rings (SSSR count). The highest BCUT2D eigenvalue weighted by Gasteiger charge is 2.48. The molecule has 0 aromatic rings. The molecule has 0 spiro atoms. The van der Waals surface area contributed by atoms with Crippen LogP contribution in [0.3, 0.4) is 0 Å². The van der Waals surface area contributed by atoms with Gasteiger partial charge in [-0.2, -0.15) is 67.3 Å². The standard InChI is InChI=1S/C10H24N2O24S8/c13-37(14,15)3-7(41(25,26)27)11(8(42(28,29)30)4-38(16,17)18)1-2-12(9(43(31,32)33)5-39(19,20)21)10(44(34,35)36)6-40(22,23)24/h7-10H,1-6H2,(H,13,14,15)(H,16,17,18)(H,19,20,21)(H,22,23,24)(H,25,26,27)(H,28,29,30)(H,31,32,33)(H,34,35,36). The summed E-state index contributed by atoms with van der Waals surface area (Å²) >= 11 is 0. The van der Waals surface area contributed by atoms with E-state index in [9.17, 15) is 85.6 Å². The summed E-state index contributed by atoms with van der Waals surface area (Å²) in [7, 11) is -47.5. The van der Waals surface area contributed by atoms with Gasteiger partial charge >= 0.3 is 0 Å². The normalized spacial score (nSPS) is 17.8. The molecule has 4 atom stereocenters. The van der Waals surface area contributed by atoms with Crippen molar-refractivity contribution in [2.24, 2.45) is 0 Å². The van der Waals surface area contributed by atoms with Crippen molar-refractivity contribution in [3.05, 3.63) is 0 Å². The van der Waals surface area contributed by atoms with Crippen molar-refractivity contribution in [2.45, 2.75) is 21.5 Å². The van der Waals surface area contributed by atoms with Gasteiger partial charge in [0.1, 0.15) is 23.0 Å². The molecule has 266 valence electrons. The van der Waals surface area contributed by atoms with Crippen molar-refractivity contribution >= 4 is 80.9 Å². The zero-order valence-corrected chi connectivity index (χ0v) is 27.4. The number of nitrogens with zero attached hydrogens (tertiary/aromatic N) is 2. The Balaban J connectivity index is 7.88. The second-order valence-electron chi connectivity index (χ2n) is 8.35. The Labute approximate surface area is 251 Å². The van der Waals surface area contributed by atoms with Crippen LogP contribution in [0.5, 0.6) is 0 Å². The van der Waals surface area contributed by atoms with E-state index in [0.29, 0.717) is 0 Å². The lowest BCUT2D eigenvalue weighted by Crippen LogP contribution is -2.60. The lowest BCUT2D eigenvalue weighted by atomic mass is 10.4. The molecule has 0 saturated carbocycles. The van der Waals surface area contributed by atoms with Crippen LogP contribution in [0.4, 0.5) is 0 Å². The molecule has 44 heavy (non-hydrogen) atoms. The summed E-state index contributed by atoms with van der Waals surface area (Å²) in [6.45, 7) is -4.04. The first kappa shape index (κ1) is 43.2. The Morgan fingerprint density at radius 2 is 0.455 bits per heavy atom.